The van der Waals surface area contributed by atoms with E-state index in [9.17, 15) is 9.59 Å². The highest BCUT2D eigenvalue weighted by Gasteiger charge is 2.44. The molecule has 30 heavy (non-hydrogen) atoms. The molecule has 2 aromatic carbocycles. The summed E-state index contributed by atoms with van der Waals surface area (Å²) in [6, 6.07) is 13.0. The first-order valence-corrected chi connectivity index (χ1v) is 10.9. The van der Waals surface area contributed by atoms with Gasteiger partial charge in [0.15, 0.2) is 0 Å². The fourth-order valence-corrected chi connectivity index (χ4v) is 5.07. The van der Waals surface area contributed by atoms with Gasteiger partial charge in [-0.25, -0.2) is 4.90 Å². The van der Waals surface area contributed by atoms with Gasteiger partial charge >= 0.3 is 0 Å². The van der Waals surface area contributed by atoms with Crippen LogP contribution in [0.5, 0.6) is 0 Å². The number of benzene rings is 2. The molecule has 2 unspecified atom stereocenters. The highest BCUT2D eigenvalue weighted by Crippen LogP contribution is 2.40. The van der Waals surface area contributed by atoms with Crippen LogP contribution in [0, 0.1) is 25.7 Å². The molecule has 0 aliphatic carbocycles. The van der Waals surface area contributed by atoms with Crippen LogP contribution < -0.4 is 4.90 Å². The van der Waals surface area contributed by atoms with Crippen LogP contribution in [0.25, 0.3) is 5.57 Å². The fourth-order valence-electron chi connectivity index (χ4n) is 4.85. The standard InChI is InChI=1S/C25H27ClN2O2/c1-15-9-10-19(18(4)12-15)22-23(27-13-16(2)11-17(3)14-27)25(30)28(24(22)29)21-8-6-5-7-20(21)26/h5-10,12,16-17H,11,13-14H2,1-4H3. The third kappa shape index (κ3) is 3.54. The van der Waals surface area contributed by atoms with E-state index in [0.717, 1.165) is 36.2 Å². The second-order valence-electron chi connectivity index (χ2n) is 8.79. The SMILES string of the molecule is Cc1ccc(C2=C(N3CC(C)CC(C)C3)C(=O)N(c3ccccc3Cl)C2=O)c(C)c1. The van der Waals surface area contributed by atoms with E-state index in [1.807, 2.05) is 26.0 Å². The largest absolute Gasteiger partial charge is 0.366 e. The summed E-state index contributed by atoms with van der Waals surface area (Å²) >= 11 is 6.38. The molecule has 0 bridgehead atoms. The molecule has 0 spiro atoms. The molecule has 4 rings (SSSR count). The maximum absolute atomic E-state index is 13.7. The van der Waals surface area contributed by atoms with Crippen molar-refractivity contribution in [2.24, 2.45) is 11.8 Å². The summed E-state index contributed by atoms with van der Waals surface area (Å²) in [6.07, 6.45) is 1.12. The number of piperidine rings is 1. The highest BCUT2D eigenvalue weighted by molar-refractivity contribution is 6.47. The quantitative estimate of drug-likeness (QED) is 0.637. The zero-order valence-corrected chi connectivity index (χ0v) is 18.7. The molecule has 2 heterocycles. The van der Waals surface area contributed by atoms with Crippen molar-refractivity contribution >= 4 is 34.7 Å². The first-order valence-electron chi connectivity index (χ1n) is 10.5. The molecule has 1 fully saturated rings. The lowest BCUT2D eigenvalue weighted by Gasteiger charge is -2.37. The Morgan fingerprint density at radius 1 is 0.933 bits per heavy atom. The number of carbonyl (C=O) groups excluding carboxylic acids is 2. The summed E-state index contributed by atoms with van der Waals surface area (Å²) in [5.74, 6) is 0.322. The minimum Gasteiger partial charge on any atom is -0.366 e. The van der Waals surface area contributed by atoms with E-state index >= 15 is 0 Å². The fraction of sp³-hybridized carbons (Fsp3) is 0.360. The van der Waals surface area contributed by atoms with E-state index < -0.39 is 0 Å². The summed E-state index contributed by atoms with van der Waals surface area (Å²) in [4.78, 5) is 30.7. The number of amides is 2. The number of nitrogens with zero attached hydrogens (tertiary/aromatic N) is 2. The number of hydrogen-bond acceptors (Lipinski definition) is 3. The van der Waals surface area contributed by atoms with Crippen molar-refractivity contribution in [2.75, 3.05) is 18.0 Å². The summed E-state index contributed by atoms with van der Waals surface area (Å²) in [5.41, 5.74) is 4.35. The number of halogens is 1. The van der Waals surface area contributed by atoms with Crippen LogP contribution in [0.2, 0.25) is 5.02 Å². The number of para-hydroxylation sites is 1. The number of likely N-dealkylation sites (tertiary alicyclic amines) is 1. The first kappa shape index (κ1) is 20.7. The molecule has 0 N–H and O–H groups in total. The van der Waals surface area contributed by atoms with Crippen LogP contribution >= 0.6 is 11.6 Å². The van der Waals surface area contributed by atoms with Gasteiger partial charge in [0.25, 0.3) is 11.8 Å². The van der Waals surface area contributed by atoms with E-state index in [-0.39, 0.29) is 11.8 Å². The third-order valence-corrected chi connectivity index (χ3v) is 6.31. The van der Waals surface area contributed by atoms with Crippen LogP contribution in [0.3, 0.4) is 0 Å². The Kier molecular flexibility index (Phi) is 5.46. The zero-order chi connectivity index (χ0) is 21.6. The van der Waals surface area contributed by atoms with Gasteiger partial charge in [0.2, 0.25) is 0 Å². The van der Waals surface area contributed by atoms with Crippen molar-refractivity contribution in [1.82, 2.24) is 4.90 Å². The average molecular weight is 423 g/mol. The Balaban J connectivity index is 1.89. The van der Waals surface area contributed by atoms with Crippen molar-refractivity contribution in [2.45, 2.75) is 34.1 Å². The van der Waals surface area contributed by atoms with E-state index in [2.05, 4.69) is 24.8 Å². The lowest BCUT2D eigenvalue weighted by molar-refractivity contribution is -0.120. The lowest BCUT2D eigenvalue weighted by Crippen LogP contribution is -2.42. The maximum atomic E-state index is 13.7. The van der Waals surface area contributed by atoms with Gasteiger partial charge in [-0.1, -0.05) is 61.3 Å². The molecule has 0 aromatic heterocycles. The molecule has 5 heteroatoms. The molecule has 0 radical (unpaired) electrons. The zero-order valence-electron chi connectivity index (χ0n) is 17.9. The molecule has 2 aliphatic rings. The van der Waals surface area contributed by atoms with Gasteiger partial charge in [0, 0.05) is 13.1 Å². The Bertz CT molecular complexity index is 1050. The third-order valence-electron chi connectivity index (χ3n) is 5.99. The molecule has 2 aliphatic heterocycles. The van der Waals surface area contributed by atoms with E-state index in [1.54, 1.807) is 24.3 Å². The molecule has 2 aromatic rings. The lowest BCUT2D eigenvalue weighted by atomic mass is 9.90. The molecular weight excluding hydrogens is 396 g/mol. The minimum atomic E-state index is -0.305. The molecule has 4 nitrogen and oxygen atoms in total. The summed E-state index contributed by atoms with van der Waals surface area (Å²) in [7, 11) is 0. The second-order valence-corrected chi connectivity index (χ2v) is 9.20. The Morgan fingerprint density at radius 3 is 2.23 bits per heavy atom. The van der Waals surface area contributed by atoms with Crippen LogP contribution in [0.15, 0.2) is 48.2 Å². The predicted octanol–water partition coefficient (Wildman–Crippen LogP) is 5.22. The molecular formula is C25H27ClN2O2. The molecule has 156 valence electrons. The van der Waals surface area contributed by atoms with Gasteiger partial charge in [-0.05, 0) is 55.4 Å². The average Bonchev–Trinajstić information content (AvgIpc) is 2.92. The van der Waals surface area contributed by atoms with Crippen LogP contribution in [0.4, 0.5) is 5.69 Å². The second kappa shape index (κ2) is 7.92. The van der Waals surface area contributed by atoms with Gasteiger partial charge in [0.05, 0.1) is 16.3 Å². The Hall–Kier alpha value is -2.59. The predicted molar refractivity (Wildman–Crippen MR) is 121 cm³/mol. The summed E-state index contributed by atoms with van der Waals surface area (Å²) < 4.78 is 0. The van der Waals surface area contributed by atoms with Gasteiger partial charge in [-0.2, -0.15) is 0 Å². The normalized spacial score (nSPS) is 22.3. The van der Waals surface area contributed by atoms with Gasteiger partial charge in [-0.15, -0.1) is 0 Å². The van der Waals surface area contributed by atoms with Crippen LogP contribution in [-0.4, -0.2) is 29.8 Å². The Morgan fingerprint density at radius 2 is 1.60 bits per heavy atom. The molecule has 1 saturated heterocycles. The van der Waals surface area contributed by atoms with Gasteiger partial charge in [0.1, 0.15) is 5.70 Å². The maximum Gasteiger partial charge on any atom is 0.282 e. The monoisotopic (exact) mass is 422 g/mol. The van der Waals surface area contributed by atoms with Gasteiger partial charge < -0.3 is 4.90 Å². The topological polar surface area (TPSA) is 40.6 Å². The number of imide groups is 1. The van der Waals surface area contributed by atoms with Crippen molar-refractivity contribution < 1.29 is 9.59 Å². The number of anilines is 1. The summed E-state index contributed by atoms with van der Waals surface area (Å²) in [6.45, 7) is 9.95. The van der Waals surface area contributed by atoms with Crippen LogP contribution in [-0.2, 0) is 9.59 Å². The van der Waals surface area contributed by atoms with Crippen molar-refractivity contribution in [3.63, 3.8) is 0 Å². The molecule has 0 saturated carbocycles. The summed E-state index contributed by atoms with van der Waals surface area (Å²) in [5, 5.41) is 0.390. The van der Waals surface area contributed by atoms with Crippen LogP contribution in [0.1, 0.15) is 37.0 Å². The van der Waals surface area contributed by atoms with E-state index in [0.29, 0.717) is 33.8 Å². The van der Waals surface area contributed by atoms with Crippen molar-refractivity contribution in [3.05, 3.63) is 69.9 Å². The number of carbonyl (C=O) groups is 2. The van der Waals surface area contributed by atoms with Crippen molar-refractivity contribution in [3.8, 4) is 0 Å². The Labute approximate surface area is 183 Å². The molecule has 2 atom stereocenters. The van der Waals surface area contributed by atoms with E-state index in [4.69, 9.17) is 11.6 Å². The highest BCUT2D eigenvalue weighted by atomic mass is 35.5. The first-order chi connectivity index (χ1) is 14.3. The molecule has 2 amide bonds. The van der Waals surface area contributed by atoms with Gasteiger partial charge in [-0.3, -0.25) is 9.59 Å². The van der Waals surface area contributed by atoms with E-state index in [1.165, 1.54) is 4.90 Å². The smallest absolute Gasteiger partial charge is 0.282 e. The van der Waals surface area contributed by atoms with Crippen molar-refractivity contribution in [1.29, 1.82) is 0 Å². The minimum absolute atomic E-state index is 0.288. The number of aryl methyl sites for hydroxylation is 2. The number of rotatable bonds is 3. The number of hydrogen-bond donors (Lipinski definition) is 0.